The Morgan fingerprint density at radius 3 is 2.58 bits per heavy atom. The van der Waals surface area contributed by atoms with E-state index in [0.717, 1.165) is 24.2 Å². The molecule has 206 valence electrons. The Labute approximate surface area is 232 Å². The highest BCUT2D eigenvalue weighted by Gasteiger charge is 2.33. The number of carbonyl (C=O) groups is 2. The smallest absolute Gasteiger partial charge is 0.410 e. The number of nitrogens with one attached hydrogen (secondary N) is 1. The van der Waals surface area contributed by atoms with Crippen LogP contribution in [0, 0.1) is 0 Å². The summed E-state index contributed by atoms with van der Waals surface area (Å²) in [5, 5.41) is 2.91. The Kier molecular flexibility index (Phi) is 6.83. The van der Waals surface area contributed by atoms with Crippen LogP contribution < -0.4 is 11.1 Å². The molecule has 3 aromatic heterocycles. The molecule has 0 bridgehead atoms. The van der Waals surface area contributed by atoms with Gasteiger partial charge in [-0.25, -0.2) is 19.7 Å². The number of nitrogens with zero attached hydrogens (tertiary/aromatic N) is 5. The number of nitrogen functional groups attached to an aromatic ring is 1. The predicted molar refractivity (Wildman–Crippen MR) is 152 cm³/mol. The van der Waals surface area contributed by atoms with Gasteiger partial charge in [0.15, 0.2) is 0 Å². The van der Waals surface area contributed by atoms with Crippen LogP contribution in [-0.2, 0) is 4.74 Å². The van der Waals surface area contributed by atoms with Gasteiger partial charge in [-0.2, -0.15) is 0 Å². The molecule has 2 unspecified atom stereocenters. The van der Waals surface area contributed by atoms with Crippen LogP contribution in [-0.4, -0.2) is 55.4 Å². The van der Waals surface area contributed by atoms with Crippen LogP contribution in [0.4, 0.5) is 16.4 Å². The van der Waals surface area contributed by atoms with E-state index in [0.29, 0.717) is 47.5 Å². The van der Waals surface area contributed by atoms with Gasteiger partial charge in [0.2, 0.25) is 0 Å². The van der Waals surface area contributed by atoms with Crippen molar-refractivity contribution in [2.45, 2.75) is 57.4 Å². The molecule has 1 saturated carbocycles. The Bertz CT molecular complexity index is 1560. The van der Waals surface area contributed by atoms with Crippen LogP contribution in [0.15, 0.2) is 55.0 Å². The Hall–Kier alpha value is -4.47. The fraction of sp³-hybridized carbons (Fsp3) is 0.367. The fourth-order valence-electron chi connectivity index (χ4n) is 5.51. The molecule has 6 rings (SSSR count). The number of hydrogen-bond donors (Lipinski definition) is 2. The Morgan fingerprint density at radius 2 is 1.82 bits per heavy atom. The van der Waals surface area contributed by atoms with E-state index in [-0.39, 0.29) is 24.0 Å². The number of imidazole rings is 1. The molecular formula is C30H33N7O3. The van der Waals surface area contributed by atoms with Gasteiger partial charge in [0.25, 0.3) is 5.91 Å². The zero-order valence-electron chi connectivity index (χ0n) is 22.7. The molecule has 4 heterocycles. The van der Waals surface area contributed by atoms with Gasteiger partial charge in [0, 0.05) is 48.2 Å². The first kappa shape index (κ1) is 25.8. The lowest BCUT2D eigenvalue weighted by Gasteiger charge is -2.36. The van der Waals surface area contributed by atoms with E-state index < -0.39 is 0 Å². The molecular weight excluding hydrogens is 506 g/mol. The maximum absolute atomic E-state index is 13.0. The van der Waals surface area contributed by atoms with E-state index in [9.17, 15) is 9.59 Å². The zero-order chi connectivity index (χ0) is 27.8. The number of amides is 2. The van der Waals surface area contributed by atoms with Gasteiger partial charge in [0.1, 0.15) is 28.7 Å². The highest BCUT2D eigenvalue weighted by molar-refractivity contribution is 6.04. The normalized spacial score (nSPS) is 19.0. The lowest BCUT2D eigenvalue weighted by Crippen LogP contribution is -2.45. The number of ether oxygens (including phenoxy) is 1. The van der Waals surface area contributed by atoms with Crippen molar-refractivity contribution >= 4 is 29.2 Å². The molecule has 4 aromatic rings. The second-order valence-corrected chi connectivity index (χ2v) is 10.6. The molecule has 1 aromatic carbocycles. The highest BCUT2D eigenvalue weighted by Crippen LogP contribution is 2.40. The largest absolute Gasteiger partial charge is 0.450 e. The number of nitrogens with two attached hydrogens (primary N) is 1. The lowest BCUT2D eigenvalue weighted by atomic mass is 9.93. The monoisotopic (exact) mass is 539 g/mol. The van der Waals surface area contributed by atoms with Gasteiger partial charge in [-0.1, -0.05) is 12.1 Å². The average molecular weight is 540 g/mol. The van der Waals surface area contributed by atoms with Crippen molar-refractivity contribution in [3.05, 3.63) is 71.9 Å². The maximum atomic E-state index is 13.0. The second-order valence-electron chi connectivity index (χ2n) is 10.6. The number of hydrogen-bond acceptors (Lipinski definition) is 7. The number of fused-ring (bicyclic) bond motifs is 1. The van der Waals surface area contributed by atoms with Gasteiger partial charge < -0.3 is 20.7 Å². The minimum Gasteiger partial charge on any atom is -0.450 e. The van der Waals surface area contributed by atoms with Crippen LogP contribution in [0.5, 0.6) is 0 Å². The number of benzene rings is 1. The molecule has 0 radical (unpaired) electrons. The molecule has 1 saturated heterocycles. The van der Waals surface area contributed by atoms with Crippen molar-refractivity contribution in [1.82, 2.24) is 24.3 Å². The topological polar surface area (TPSA) is 128 Å². The summed E-state index contributed by atoms with van der Waals surface area (Å²) in [6, 6.07) is 11.3. The van der Waals surface area contributed by atoms with Crippen molar-refractivity contribution in [2.24, 2.45) is 0 Å². The number of rotatable bonds is 6. The number of likely N-dealkylation sites (tertiary alicyclic amines) is 1. The lowest BCUT2D eigenvalue weighted by molar-refractivity contribution is 0.0752. The van der Waals surface area contributed by atoms with Gasteiger partial charge in [-0.05, 0) is 75.3 Å². The number of anilines is 2. The Morgan fingerprint density at radius 1 is 1.05 bits per heavy atom. The van der Waals surface area contributed by atoms with Crippen LogP contribution in [0.2, 0.25) is 0 Å². The van der Waals surface area contributed by atoms with Gasteiger partial charge in [-0.3, -0.25) is 9.20 Å². The minimum absolute atomic E-state index is 0.00705. The highest BCUT2D eigenvalue weighted by atomic mass is 16.6. The number of pyridine rings is 1. The van der Waals surface area contributed by atoms with Gasteiger partial charge in [-0.15, -0.1) is 0 Å². The molecule has 2 amide bonds. The van der Waals surface area contributed by atoms with Crippen LogP contribution in [0.3, 0.4) is 0 Å². The first-order valence-electron chi connectivity index (χ1n) is 13.9. The summed E-state index contributed by atoms with van der Waals surface area (Å²) >= 11 is 0. The Balaban J connectivity index is 1.27. The van der Waals surface area contributed by atoms with Crippen molar-refractivity contribution in [3.63, 3.8) is 0 Å². The van der Waals surface area contributed by atoms with Crippen LogP contribution in [0.1, 0.15) is 73.1 Å². The summed E-state index contributed by atoms with van der Waals surface area (Å²) in [5.74, 6) is 2.11. The first-order valence-corrected chi connectivity index (χ1v) is 13.9. The summed E-state index contributed by atoms with van der Waals surface area (Å²) in [6.07, 6.45) is 9.06. The maximum Gasteiger partial charge on any atom is 0.410 e. The van der Waals surface area contributed by atoms with E-state index in [1.807, 2.05) is 48.7 Å². The summed E-state index contributed by atoms with van der Waals surface area (Å²) in [4.78, 5) is 41.0. The molecule has 2 atom stereocenters. The molecule has 2 fully saturated rings. The van der Waals surface area contributed by atoms with Gasteiger partial charge in [0.05, 0.1) is 6.61 Å². The summed E-state index contributed by atoms with van der Waals surface area (Å²) in [5.41, 5.74) is 10.3. The van der Waals surface area contributed by atoms with Crippen LogP contribution >= 0.6 is 0 Å². The minimum atomic E-state index is -0.301. The molecule has 1 aliphatic heterocycles. The third-order valence-corrected chi connectivity index (χ3v) is 7.85. The number of carbonyl (C=O) groups excluding carboxylic acids is 2. The van der Waals surface area contributed by atoms with E-state index in [2.05, 4.69) is 15.3 Å². The van der Waals surface area contributed by atoms with Crippen molar-refractivity contribution in [1.29, 1.82) is 0 Å². The number of aromatic nitrogens is 4. The molecule has 0 spiro atoms. The fourth-order valence-corrected chi connectivity index (χ4v) is 5.51. The summed E-state index contributed by atoms with van der Waals surface area (Å²) in [6.45, 7) is 4.70. The second kappa shape index (κ2) is 10.6. The molecule has 10 nitrogen and oxygen atoms in total. The van der Waals surface area contributed by atoms with Gasteiger partial charge >= 0.3 is 6.09 Å². The van der Waals surface area contributed by atoms with E-state index in [1.54, 1.807) is 29.4 Å². The van der Waals surface area contributed by atoms with E-state index >= 15 is 0 Å². The quantitative estimate of drug-likeness (QED) is 0.343. The van der Waals surface area contributed by atoms with Crippen molar-refractivity contribution in [2.75, 3.05) is 24.2 Å². The van der Waals surface area contributed by atoms with Crippen molar-refractivity contribution in [3.8, 4) is 11.3 Å². The average Bonchev–Trinajstić information content (AvgIpc) is 3.74. The standard InChI is InChI=1S/C30H33N7O3/c1-3-40-30(39)37-17-23(5-4-18(37)2)28-35-25(26-27(31)33-14-15-36(26)28)20-8-10-21(11-9-20)29(38)34-24-16-22(12-13-32-24)19-6-7-19/h8-16,18-19,23H,3-7,17H2,1-2H3,(H2,31,33)(H,32,34,38). The van der Waals surface area contributed by atoms with E-state index in [4.69, 9.17) is 15.5 Å². The van der Waals surface area contributed by atoms with E-state index in [1.165, 1.54) is 18.4 Å². The molecule has 3 N–H and O–H groups in total. The summed E-state index contributed by atoms with van der Waals surface area (Å²) < 4.78 is 7.27. The predicted octanol–water partition coefficient (Wildman–Crippen LogP) is 5.23. The van der Waals surface area contributed by atoms with Crippen LogP contribution in [0.25, 0.3) is 16.8 Å². The third kappa shape index (κ3) is 4.97. The molecule has 1 aliphatic carbocycles. The third-order valence-electron chi connectivity index (χ3n) is 7.85. The van der Waals surface area contributed by atoms with Crippen molar-refractivity contribution < 1.29 is 14.3 Å². The molecule has 10 heteroatoms. The first-order chi connectivity index (χ1) is 19.4. The number of piperidine rings is 1. The summed E-state index contributed by atoms with van der Waals surface area (Å²) in [7, 11) is 0. The molecule has 2 aliphatic rings. The SMILES string of the molecule is CCOC(=O)N1CC(c2nc(-c3ccc(C(=O)Nc4cc(C5CC5)ccn4)cc3)c3c(N)nccn23)CCC1C. The zero-order valence-corrected chi connectivity index (χ0v) is 22.7. The molecule has 40 heavy (non-hydrogen) atoms.